The van der Waals surface area contributed by atoms with Gasteiger partial charge in [0.25, 0.3) is 5.56 Å². The molecule has 170 valence electrons. The lowest BCUT2D eigenvalue weighted by atomic mass is 10.2. The van der Waals surface area contributed by atoms with Crippen molar-refractivity contribution in [3.05, 3.63) is 37.8 Å². The number of carbonyl (C=O) groups is 1. The number of aromatic amines is 1. The number of carbonyl (C=O) groups excluding carboxylic acids is 1. The van der Waals surface area contributed by atoms with Crippen LogP contribution in [-0.2, 0) is 11.3 Å². The van der Waals surface area contributed by atoms with Gasteiger partial charge in [0.1, 0.15) is 5.82 Å². The van der Waals surface area contributed by atoms with E-state index in [0.29, 0.717) is 18.2 Å². The van der Waals surface area contributed by atoms with Crippen molar-refractivity contribution in [2.75, 3.05) is 22.9 Å². The van der Waals surface area contributed by atoms with E-state index in [9.17, 15) is 14.4 Å². The minimum absolute atomic E-state index is 0.000255. The van der Waals surface area contributed by atoms with Gasteiger partial charge in [-0.2, -0.15) is 0 Å². The van der Waals surface area contributed by atoms with E-state index in [1.807, 2.05) is 48.5 Å². The van der Waals surface area contributed by atoms with Crippen molar-refractivity contribution in [3.63, 3.8) is 0 Å². The fourth-order valence-electron chi connectivity index (χ4n) is 3.08. The molecule has 31 heavy (non-hydrogen) atoms. The summed E-state index contributed by atoms with van der Waals surface area (Å²) in [6, 6.07) is 0. The predicted octanol–water partition coefficient (Wildman–Crippen LogP) is 2.27. The average molecular weight is 449 g/mol. The molecule has 0 bridgehead atoms. The van der Waals surface area contributed by atoms with E-state index in [1.54, 1.807) is 0 Å². The Morgan fingerprint density at radius 2 is 1.68 bits per heavy atom. The second kappa shape index (κ2) is 10.1. The number of aryl methyl sites for hydroxylation is 2. The van der Waals surface area contributed by atoms with Crippen molar-refractivity contribution in [1.29, 1.82) is 0 Å². The van der Waals surface area contributed by atoms with Crippen LogP contribution in [0.3, 0.4) is 0 Å². The molecule has 0 aliphatic rings. The molecule has 1 amide bonds. The maximum Gasteiger partial charge on any atom is 0.330 e. The molecule has 0 fully saturated rings. The molecule has 10 heteroatoms. The first-order chi connectivity index (χ1) is 14.4. The molecule has 2 rings (SSSR count). The number of nitrogens with two attached hydrogens (primary N) is 1. The maximum absolute atomic E-state index is 13.2. The molecule has 0 radical (unpaired) electrons. The number of amides is 1. The zero-order valence-electron chi connectivity index (χ0n) is 19.3. The predicted molar refractivity (Wildman–Crippen MR) is 125 cm³/mol. The molecular formula is C21H32N6O3S. The number of nitrogen functional groups attached to an aromatic ring is 1. The van der Waals surface area contributed by atoms with Crippen LogP contribution in [0.4, 0.5) is 11.5 Å². The van der Waals surface area contributed by atoms with Gasteiger partial charge in [-0.15, -0.1) is 0 Å². The highest BCUT2D eigenvalue weighted by Crippen LogP contribution is 2.22. The van der Waals surface area contributed by atoms with Gasteiger partial charge in [-0.05, 0) is 38.2 Å². The minimum atomic E-state index is -0.667. The van der Waals surface area contributed by atoms with E-state index >= 15 is 0 Å². The third kappa shape index (κ3) is 5.96. The summed E-state index contributed by atoms with van der Waals surface area (Å²) in [5.74, 6) is -0.0476. The number of H-pyrrole nitrogens is 1. The lowest BCUT2D eigenvalue weighted by Crippen LogP contribution is -2.43. The van der Waals surface area contributed by atoms with Crippen molar-refractivity contribution in [2.45, 2.75) is 60.2 Å². The second-order valence-electron chi connectivity index (χ2n) is 8.49. The van der Waals surface area contributed by atoms with Crippen molar-refractivity contribution < 1.29 is 4.79 Å². The Labute approximate surface area is 186 Å². The number of anilines is 2. The van der Waals surface area contributed by atoms with E-state index in [-0.39, 0.29) is 35.0 Å². The number of nitrogens with one attached hydrogen (secondary N) is 1. The molecule has 2 heterocycles. The molecule has 0 aliphatic carbocycles. The zero-order valence-corrected chi connectivity index (χ0v) is 20.1. The quantitative estimate of drug-likeness (QED) is 0.468. The molecule has 0 saturated carbocycles. The van der Waals surface area contributed by atoms with Crippen LogP contribution in [-0.4, -0.2) is 37.7 Å². The first-order valence-electron chi connectivity index (χ1n) is 10.3. The van der Waals surface area contributed by atoms with E-state index in [4.69, 9.17) is 5.73 Å². The molecule has 9 nitrogen and oxygen atoms in total. The van der Waals surface area contributed by atoms with E-state index < -0.39 is 11.2 Å². The van der Waals surface area contributed by atoms with Gasteiger partial charge in [-0.25, -0.2) is 14.8 Å². The largest absolute Gasteiger partial charge is 0.383 e. The fraction of sp³-hybridized carbons (Fsp3) is 0.571. The smallest absolute Gasteiger partial charge is 0.330 e. The second-order valence-corrected chi connectivity index (χ2v) is 9.43. The normalized spacial score (nSPS) is 11.4. The number of hydrogen-bond donors (Lipinski definition) is 2. The highest BCUT2D eigenvalue weighted by Gasteiger charge is 2.25. The fourth-order valence-corrected chi connectivity index (χ4v) is 3.89. The SMILES string of the molecule is Cc1nc(SCC(=O)N(CC(C)C)c2c(N)n(CC(C)C)c(=O)[nH]c2=O)nc(C)c1C. The summed E-state index contributed by atoms with van der Waals surface area (Å²) in [5, 5.41) is 0.505. The van der Waals surface area contributed by atoms with Gasteiger partial charge in [0.05, 0.1) is 5.75 Å². The lowest BCUT2D eigenvalue weighted by molar-refractivity contribution is -0.116. The van der Waals surface area contributed by atoms with Crippen LogP contribution in [0.25, 0.3) is 0 Å². The van der Waals surface area contributed by atoms with Gasteiger partial charge in [-0.1, -0.05) is 39.5 Å². The van der Waals surface area contributed by atoms with Crippen LogP contribution >= 0.6 is 11.8 Å². The van der Waals surface area contributed by atoms with E-state index in [2.05, 4.69) is 15.0 Å². The number of thioether (sulfide) groups is 1. The Balaban J connectivity index is 2.41. The van der Waals surface area contributed by atoms with Crippen molar-refractivity contribution in [3.8, 4) is 0 Å². The lowest BCUT2D eigenvalue weighted by Gasteiger charge is -2.26. The summed E-state index contributed by atoms with van der Waals surface area (Å²) < 4.78 is 1.31. The summed E-state index contributed by atoms with van der Waals surface area (Å²) in [7, 11) is 0. The Morgan fingerprint density at radius 1 is 1.10 bits per heavy atom. The molecule has 3 N–H and O–H groups in total. The van der Waals surface area contributed by atoms with Crippen molar-refractivity contribution in [2.24, 2.45) is 11.8 Å². The van der Waals surface area contributed by atoms with Gasteiger partial charge >= 0.3 is 5.69 Å². The number of nitrogens with zero attached hydrogens (tertiary/aromatic N) is 4. The molecular weight excluding hydrogens is 416 g/mol. The number of aromatic nitrogens is 4. The summed E-state index contributed by atoms with van der Waals surface area (Å²) in [4.78, 5) is 50.6. The third-order valence-electron chi connectivity index (χ3n) is 4.82. The molecule has 0 spiro atoms. The Morgan fingerprint density at radius 3 is 2.19 bits per heavy atom. The van der Waals surface area contributed by atoms with Crippen LogP contribution in [0.1, 0.15) is 44.6 Å². The third-order valence-corrected chi connectivity index (χ3v) is 5.65. The number of rotatable bonds is 8. The highest BCUT2D eigenvalue weighted by molar-refractivity contribution is 7.99. The van der Waals surface area contributed by atoms with Crippen LogP contribution in [0.5, 0.6) is 0 Å². The summed E-state index contributed by atoms with van der Waals surface area (Å²) in [6.07, 6.45) is 0. The highest BCUT2D eigenvalue weighted by atomic mass is 32.2. The van der Waals surface area contributed by atoms with E-state index in [0.717, 1.165) is 17.0 Å². The monoisotopic (exact) mass is 448 g/mol. The van der Waals surface area contributed by atoms with Crippen molar-refractivity contribution in [1.82, 2.24) is 19.5 Å². The van der Waals surface area contributed by atoms with Gasteiger partial charge in [0.15, 0.2) is 10.8 Å². The molecule has 0 aliphatic heterocycles. The molecule has 0 saturated heterocycles. The Bertz CT molecular complexity index is 1050. The van der Waals surface area contributed by atoms with Gasteiger partial charge in [0, 0.05) is 24.5 Å². The number of hydrogen-bond acceptors (Lipinski definition) is 7. The molecule has 0 aromatic carbocycles. The minimum Gasteiger partial charge on any atom is -0.383 e. The van der Waals surface area contributed by atoms with Crippen LogP contribution in [0, 0.1) is 32.6 Å². The van der Waals surface area contributed by atoms with Gasteiger partial charge in [0.2, 0.25) is 5.91 Å². The van der Waals surface area contributed by atoms with Crippen molar-refractivity contribution >= 4 is 29.2 Å². The van der Waals surface area contributed by atoms with Gasteiger partial charge < -0.3 is 10.6 Å². The van der Waals surface area contributed by atoms with E-state index in [1.165, 1.54) is 21.2 Å². The molecule has 0 unspecified atom stereocenters. The van der Waals surface area contributed by atoms with Crippen LogP contribution in [0.15, 0.2) is 14.7 Å². The van der Waals surface area contributed by atoms with Crippen LogP contribution < -0.4 is 21.9 Å². The maximum atomic E-state index is 13.2. The topological polar surface area (TPSA) is 127 Å². The first-order valence-corrected chi connectivity index (χ1v) is 11.3. The first kappa shape index (κ1) is 24.6. The molecule has 2 aromatic rings. The molecule has 2 aromatic heterocycles. The molecule has 0 atom stereocenters. The standard InChI is InChI=1S/C21H32N6O3S/c1-11(2)8-26(16(28)10-31-20-23-14(6)13(5)15(7)24-20)17-18(22)27(9-12(3)4)21(30)25-19(17)29/h11-12H,8-10,22H2,1-7H3,(H,25,29,30). The average Bonchev–Trinajstić information content (AvgIpc) is 2.65. The summed E-state index contributed by atoms with van der Waals surface area (Å²) in [5.41, 5.74) is 7.74. The Hall–Kier alpha value is -2.62. The Kier molecular flexibility index (Phi) is 8.05. The zero-order chi connectivity index (χ0) is 23.5. The summed E-state index contributed by atoms with van der Waals surface area (Å²) in [6.45, 7) is 14.2. The van der Waals surface area contributed by atoms with Gasteiger partial charge in [-0.3, -0.25) is 19.1 Å². The van der Waals surface area contributed by atoms with Crippen LogP contribution in [0.2, 0.25) is 0 Å². The summed E-state index contributed by atoms with van der Waals surface area (Å²) >= 11 is 1.21.